The molecule has 3 rings (SSSR count). The van der Waals surface area contributed by atoms with E-state index >= 15 is 0 Å². The lowest BCUT2D eigenvalue weighted by Crippen LogP contribution is -2.29. The van der Waals surface area contributed by atoms with Crippen LogP contribution in [0.2, 0.25) is 5.02 Å². The van der Waals surface area contributed by atoms with E-state index in [-0.39, 0.29) is 5.91 Å². The van der Waals surface area contributed by atoms with Crippen LogP contribution in [0, 0.1) is 6.92 Å². The van der Waals surface area contributed by atoms with Crippen molar-refractivity contribution in [2.75, 3.05) is 11.9 Å². The number of rotatable bonds is 0. The lowest BCUT2D eigenvalue weighted by atomic mass is 10.1. The van der Waals surface area contributed by atoms with Crippen LogP contribution in [0.25, 0.3) is 0 Å². The zero-order chi connectivity index (χ0) is 14.3. The van der Waals surface area contributed by atoms with Crippen LogP contribution in [-0.4, -0.2) is 13.0 Å². The van der Waals surface area contributed by atoms with Gasteiger partial charge in [-0.15, -0.1) is 0 Å². The van der Waals surface area contributed by atoms with Crippen LogP contribution in [0.3, 0.4) is 0 Å². The smallest absolute Gasteiger partial charge is 0.231 e. The Labute approximate surface area is 122 Å². The number of carbonyl (C=O) groups is 1. The number of hydrogen-bond acceptors (Lipinski definition) is 2. The summed E-state index contributed by atoms with van der Waals surface area (Å²) >= 11 is 6.10. The van der Waals surface area contributed by atoms with E-state index in [1.54, 1.807) is 18.0 Å². The van der Waals surface area contributed by atoms with Crippen LogP contribution in [0.1, 0.15) is 11.1 Å². The summed E-state index contributed by atoms with van der Waals surface area (Å²) in [6.07, 6.45) is 0.317. The van der Waals surface area contributed by atoms with Crippen molar-refractivity contribution in [1.29, 1.82) is 0 Å². The summed E-state index contributed by atoms with van der Waals surface area (Å²) in [5.41, 5.74) is 2.50. The minimum Gasteiger partial charge on any atom is -0.455 e. The summed E-state index contributed by atoms with van der Waals surface area (Å²) < 4.78 is 6.03. The molecule has 0 saturated carbocycles. The summed E-state index contributed by atoms with van der Waals surface area (Å²) in [5.74, 6) is 1.42. The van der Waals surface area contributed by atoms with Crippen molar-refractivity contribution in [3.8, 4) is 11.5 Å². The Morgan fingerprint density at radius 2 is 2.00 bits per heavy atom. The topological polar surface area (TPSA) is 29.5 Å². The van der Waals surface area contributed by atoms with Crippen LogP contribution in [0.5, 0.6) is 11.5 Å². The van der Waals surface area contributed by atoms with Gasteiger partial charge in [-0.3, -0.25) is 4.79 Å². The van der Waals surface area contributed by atoms with Gasteiger partial charge in [0.05, 0.1) is 12.1 Å². The molecule has 0 aliphatic carbocycles. The second-order valence-corrected chi connectivity index (χ2v) is 5.35. The average molecular weight is 288 g/mol. The number of halogens is 1. The van der Waals surface area contributed by atoms with E-state index in [2.05, 4.69) is 0 Å². The molecule has 1 heterocycles. The fourth-order valence-electron chi connectivity index (χ4n) is 2.37. The molecule has 1 aliphatic rings. The number of hydrogen-bond donors (Lipinski definition) is 0. The predicted octanol–water partition coefficient (Wildman–Crippen LogP) is 3.96. The molecular formula is C16H14ClNO2. The summed E-state index contributed by atoms with van der Waals surface area (Å²) in [4.78, 5) is 13.9. The molecule has 0 radical (unpaired) electrons. The maximum atomic E-state index is 12.3. The molecule has 0 bridgehead atoms. The number of amides is 1. The Morgan fingerprint density at radius 1 is 1.25 bits per heavy atom. The zero-order valence-corrected chi connectivity index (χ0v) is 12.1. The molecule has 20 heavy (non-hydrogen) atoms. The Hall–Kier alpha value is -2.00. The number of carbonyl (C=O) groups excluding carboxylic acids is 1. The Kier molecular flexibility index (Phi) is 3.14. The number of para-hydroxylation sites is 1. The van der Waals surface area contributed by atoms with Crippen molar-refractivity contribution >= 4 is 23.2 Å². The summed E-state index contributed by atoms with van der Waals surface area (Å²) in [6.45, 7) is 1.92. The first-order chi connectivity index (χ1) is 9.56. The average Bonchev–Trinajstić information content (AvgIpc) is 2.41. The third-order valence-electron chi connectivity index (χ3n) is 3.48. The number of nitrogens with zero attached hydrogens (tertiary/aromatic N) is 1. The Bertz CT molecular complexity index is 697. The van der Waals surface area contributed by atoms with Gasteiger partial charge in [0.1, 0.15) is 5.75 Å². The van der Waals surface area contributed by atoms with E-state index in [4.69, 9.17) is 16.3 Å². The molecule has 0 unspecified atom stereocenters. The second kappa shape index (κ2) is 4.84. The third kappa shape index (κ3) is 2.14. The fourth-order valence-corrected chi connectivity index (χ4v) is 2.64. The van der Waals surface area contributed by atoms with Crippen molar-refractivity contribution in [2.24, 2.45) is 0 Å². The first kappa shape index (κ1) is 13.0. The second-order valence-electron chi connectivity index (χ2n) is 4.91. The van der Waals surface area contributed by atoms with Crippen molar-refractivity contribution in [2.45, 2.75) is 13.3 Å². The normalized spacial score (nSPS) is 13.9. The SMILES string of the molecule is Cc1cc(Cl)cc2c1Oc1ccccc1CC(=O)N2C. The molecule has 4 heteroatoms. The van der Waals surface area contributed by atoms with Crippen molar-refractivity contribution in [1.82, 2.24) is 0 Å². The van der Waals surface area contributed by atoms with E-state index in [0.717, 1.165) is 16.9 Å². The number of ether oxygens (including phenoxy) is 1. The molecule has 0 N–H and O–H groups in total. The zero-order valence-electron chi connectivity index (χ0n) is 11.3. The van der Waals surface area contributed by atoms with E-state index in [9.17, 15) is 4.79 Å². The number of likely N-dealkylation sites (N-methyl/N-ethyl adjacent to an activating group) is 1. The molecule has 1 aliphatic heterocycles. The number of aryl methyl sites for hydroxylation is 1. The molecule has 0 saturated heterocycles. The quantitative estimate of drug-likeness (QED) is 0.734. The van der Waals surface area contributed by atoms with Gasteiger partial charge < -0.3 is 9.64 Å². The van der Waals surface area contributed by atoms with Crippen molar-refractivity contribution in [3.63, 3.8) is 0 Å². The van der Waals surface area contributed by atoms with Gasteiger partial charge in [0.25, 0.3) is 0 Å². The standard InChI is InChI=1S/C16H14ClNO2/c1-10-7-12(17)9-13-16(10)20-14-6-4-3-5-11(14)8-15(19)18(13)2/h3-7,9H,8H2,1-2H3. The molecule has 0 atom stereocenters. The monoisotopic (exact) mass is 287 g/mol. The van der Waals surface area contributed by atoms with E-state index in [1.807, 2.05) is 37.3 Å². The van der Waals surface area contributed by atoms with Crippen LogP contribution >= 0.6 is 11.6 Å². The van der Waals surface area contributed by atoms with Crippen molar-refractivity contribution < 1.29 is 9.53 Å². The van der Waals surface area contributed by atoms with Gasteiger partial charge in [-0.25, -0.2) is 0 Å². The van der Waals surface area contributed by atoms with Crippen LogP contribution in [-0.2, 0) is 11.2 Å². The van der Waals surface area contributed by atoms with Crippen LogP contribution < -0.4 is 9.64 Å². The summed E-state index contributed by atoms with van der Waals surface area (Å²) in [7, 11) is 1.74. The highest BCUT2D eigenvalue weighted by molar-refractivity contribution is 6.31. The molecule has 2 aromatic carbocycles. The molecule has 3 nitrogen and oxygen atoms in total. The van der Waals surface area contributed by atoms with Crippen LogP contribution in [0.15, 0.2) is 36.4 Å². The Balaban J connectivity index is 2.23. The minimum atomic E-state index is 0.0173. The van der Waals surface area contributed by atoms with Crippen molar-refractivity contribution in [3.05, 3.63) is 52.5 Å². The van der Waals surface area contributed by atoms with Gasteiger partial charge in [-0.1, -0.05) is 29.8 Å². The van der Waals surface area contributed by atoms with E-state index in [0.29, 0.717) is 22.9 Å². The first-order valence-corrected chi connectivity index (χ1v) is 6.76. The molecule has 0 aromatic heterocycles. The first-order valence-electron chi connectivity index (χ1n) is 6.38. The molecule has 2 aromatic rings. The van der Waals surface area contributed by atoms with Gasteiger partial charge in [-0.05, 0) is 30.7 Å². The molecule has 102 valence electrons. The molecule has 0 fully saturated rings. The summed E-state index contributed by atoms with van der Waals surface area (Å²) in [6, 6.07) is 11.2. The lowest BCUT2D eigenvalue weighted by Gasteiger charge is -2.26. The van der Waals surface area contributed by atoms with Gasteiger partial charge in [-0.2, -0.15) is 0 Å². The lowest BCUT2D eigenvalue weighted by molar-refractivity contribution is -0.117. The van der Waals surface area contributed by atoms with E-state index < -0.39 is 0 Å². The molecule has 0 spiro atoms. The Morgan fingerprint density at radius 3 is 2.80 bits per heavy atom. The number of fused-ring (bicyclic) bond motifs is 2. The highest BCUT2D eigenvalue weighted by atomic mass is 35.5. The predicted molar refractivity (Wildman–Crippen MR) is 79.8 cm³/mol. The highest BCUT2D eigenvalue weighted by Gasteiger charge is 2.23. The van der Waals surface area contributed by atoms with Gasteiger partial charge in [0.15, 0.2) is 5.75 Å². The third-order valence-corrected chi connectivity index (χ3v) is 3.70. The number of benzene rings is 2. The maximum Gasteiger partial charge on any atom is 0.231 e. The van der Waals surface area contributed by atoms with Gasteiger partial charge in [0, 0.05) is 17.6 Å². The maximum absolute atomic E-state index is 12.3. The van der Waals surface area contributed by atoms with Crippen LogP contribution in [0.4, 0.5) is 5.69 Å². The fraction of sp³-hybridized carbons (Fsp3) is 0.188. The van der Waals surface area contributed by atoms with E-state index in [1.165, 1.54) is 0 Å². The van der Waals surface area contributed by atoms with Gasteiger partial charge >= 0.3 is 0 Å². The van der Waals surface area contributed by atoms with Gasteiger partial charge in [0.2, 0.25) is 5.91 Å². The molecule has 1 amide bonds. The highest BCUT2D eigenvalue weighted by Crippen LogP contribution is 2.40. The largest absolute Gasteiger partial charge is 0.455 e. The summed E-state index contributed by atoms with van der Waals surface area (Å²) in [5, 5.41) is 0.596. The minimum absolute atomic E-state index is 0.0173. The molecular weight excluding hydrogens is 274 g/mol. The number of anilines is 1.